The first-order valence-corrected chi connectivity index (χ1v) is 7.65. The molecule has 8 nitrogen and oxygen atoms in total. The van der Waals surface area contributed by atoms with E-state index in [2.05, 4.69) is 9.84 Å². The molecule has 2 rings (SSSR count). The molecule has 0 spiro atoms. The maximum absolute atomic E-state index is 14.3. The van der Waals surface area contributed by atoms with Gasteiger partial charge < -0.3 is 15.3 Å². The normalized spacial score (nSPS) is 11.9. The molecule has 25 heavy (non-hydrogen) atoms. The van der Waals surface area contributed by atoms with E-state index in [-0.39, 0.29) is 26.8 Å². The molecule has 134 valence electrons. The first-order valence-electron chi connectivity index (χ1n) is 6.86. The summed E-state index contributed by atoms with van der Waals surface area (Å²) in [6.07, 6.45) is -0.994. The fraction of sp³-hybridized carbons (Fsp3) is 0.286. The molecular weight excluding hydrogens is 375 g/mol. The van der Waals surface area contributed by atoms with Crippen LogP contribution in [0.5, 0.6) is 5.75 Å². The molecule has 0 amide bonds. The maximum Gasteiger partial charge on any atom is 0.346 e. The number of carbonyl (C=O) groups excluding carboxylic acids is 1. The van der Waals surface area contributed by atoms with E-state index in [1.807, 2.05) is 0 Å². The Morgan fingerprint density at radius 1 is 1.48 bits per heavy atom. The van der Waals surface area contributed by atoms with Gasteiger partial charge in [0.05, 0.1) is 12.1 Å². The molecule has 1 aromatic carbocycles. The van der Waals surface area contributed by atoms with Crippen LogP contribution >= 0.6 is 23.8 Å². The summed E-state index contributed by atoms with van der Waals surface area (Å²) in [4.78, 5) is 23.7. The molecular formula is C14H14ClFN4O4S. The van der Waals surface area contributed by atoms with Crippen LogP contribution < -0.4 is 16.1 Å². The van der Waals surface area contributed by atoms with Crippen molar-refractivity contribution >= 4 is 29.8 Å². The minimum absolute atomic E-state index is 0.0224. The molecule has 0 aliphatic carbocycles. The predicted octanol–water partition coefficient (Wildman–Crippen LogP) is 1.42. The van der Waals surface area contributed by atoms with Gasteiger partial charge in [0.25, 0.3) is 5.56 Å². The number of esters is 1. The summed E-state index contributed by atoms with van der Waals surface area (Å²) < 4.78 is 26.0. The number of benzene rings is 1. The van der Waals surface area contributed by atoms with Crippen molar-refractivity contribution < 1.29 is 18.7 Å². The van der Waals surface area contributed by atoms with Gasteiger partial charge in [-0.25, -0.2) is 13.9 Å². The molecule has 0 fully saturated rings. The second kappa shape index (κ2) is 7.19. The van der Waals surface area contributed by atoms with Gasteiger partial charge in [-0.2, -0.15) is 9.77 Å². The topological polar surface area (TPSA) is 101 Å². The predicted molar refractivity (Wildman–Crippen MR) is 91.0 cm³/mol. The number of aromatic nitrogens is 3. The molecule has 11 heteroatoms. The van der Waals surface area contributed by atoms with Crippen LogP contribution in [0.15, 0.2) is 16.9 Å². The highest BCUT2D eigenvalue weighted by atomic mass is 35.5. The molecule has 0 aliphatic heterocycles. The average Bonchev–Trinajstić information content (AvgIpc) is 2.58. The molecule has 0 saturated carbocycles. The van der Waals surface area contributed by atoms with E-state index < -0.39 is 23.4 Å². The average molecular weight is 389 g/mol. The number of halogens is 2. The maximum atomic E-state index is 14.3. The summed E-state index contributed by atoms with van der Waals surface area (Å²) in [6.45, 7) is 1.43. The Balaban J connectivity index is 2.61. The molecule has 0 saturated heterocycles. The van der Waals surface area contributed by atoms with Crippen molar-refractivity contribution in [2.75, 3.05) is 13.0 Å². The zero-order valence-corrected chi connectivity index (χ0v) is 15.0. The summed E-state index contributed by atoms with van der Waals surface area (Å²) in [6, 6.07) is 2.10. The van der Waals surface area contributed by atoms with E-state index in [9.17, 15) is 14.0 Å². The van der Waals surface area contributed by atoms with Crippen LogP contribution in [-0.2, 0) is 16.6 Å². The van der Waals surface area contributed by atoms with Gasteiger partial charge in [0.15, 0.2) is 11.8 Å². The molecule has 0 unspecified atom stereocenters. The Labute approximate surface area is 151 Å². The highest BCUT2D eigenvalue weighted by molar-refractivity contribution is 7.71. The Morgan fingerprint density at radius 3 is 2.72 bits per heavy atom. The lowest BCUT2D eigenvalue weighted by atomic mass is 10.1. The number of nitrogens with zero attached hydrogens (tertiary/aromatic N) is 3. The van der Waals surface area contributed by atoms with Crippen LogP contribution in [0, 0.1) is 10.6 Å². The van der Waals surface area contributed by atoms with Gasteiger partial charge in [-0.1, -0.05) is 11.6 Å². The summed E-state index contributed by atoms with van der Waals surface area (Å²) in [5.41, 5.74) is -1.29. The fourth-order valence-electron chi connectivity index (χ4n) is 1.97. The van der Waals surface area contributed by atoms with Gasteiger partial charge in [0, 0.05) is 12.6 Å². The van der Waals surface area contributed by atoms with Crippen molar-refractivity contribution in [3.8, 4) is 17.0 Å². The van der Waals surface area contributed by atoms with Crippen LogP contribution in [-0.4, -0.2) is 33.6 Å². The highest BCUT2D eigenvalue weighted by Gasteiger charge is 2.21. The van der Waals surface area contributed by atoms with Crippen molar-refractivity contribution in [2.24, 2.45) is 7.05 Å². The van der Waals surface area contributed by atoms with E-state index in [1.54, 1.807) is 0 Å². The van der Waals surface area contributed by atoms with Gasteiger partial charge >= 0.3 is 5.97 Å². The number of methoxy groups -OCH3 is 1. The molecule has 1 aromatic heterocycles. The van der Waals surface area contributed by atoms with Crippen molar-refractivity contribution in [3.63, 3.8) is 0 Å². The lowest BCUT2D eigenvalue weighted by Crippen LogP contribution is -2.33. The van der Waals surface area contributed by atoms with E-state index >= 15 is 0 Å². The van der Waals surface area contributed by atoms with Crippen LogP contribution in [0.3, 0.4) is 0 Å². The molecule has 1 heterocycles. The third kappa shape index (κ3) is 3.64. The Morgan fingerprint density at radius 2 is 2.12 bits per heavy atom. The summed E-state index contributed by atoms with van der Waals surface area (Å²) in [5, 5.41) is 3.85. The van der Waals surface area contributed by atoms with E-state index in [4.69, 9.17) is 34.4 Å². The smallest absolute Gasteiger partial charge is 0.346 e. The van der Waals surface area contributed by atoms with E-state index in [0.29, 0.717) is 4.68 Å². The van der Waals surface area contributed by atoms with Crippen molar-refractivity contribution in [3.05, 3.63) is 38.1 Å². The second-order valence-electron chi connectivity index (χ2n) is 4.98. The van der Waals surface area contributed by atoms with Crippen LogP contribution in [0.1, 0.15) is 6.92 Å². The number of aryl methyl sites for hydroxylation is 1. The third-order valence-corrected chi connectivity index (χ3v) is 4.02. The van der Waals surface area contributed by atoms with Gasteiger partial charge in [-0.15, -0.1) is 0 Å². The Hall–Kier alpha value is -2.46. The minimum Gasteiger partial charge on any atom is -0.477 e. The molecule has 2 aromatic rings. The zero-order valence-electron chi connectivity index (χ0n) is 13.4. The number of carbonyl (C=O) groups is 1. The molecule has 0 aliphatic rings. The number of hydrogen-bond donors (Lipinski definition) is 1. The lowest BCUT2D eigenvalue weighted by Gasteiger charge is -2.15. The lowest BCUT2D eigenvalue weighted by molar-refractivity contribution is -0.147. The Bertz CT molecular complexity index is 959. The summed E-state index contributed by atoms with van der Waals surface area (Å²) >= 11 is 10.9. The highest BCUT2D eigenvalue weighted by Crippen LogP contribution is 2.32. The van der Waals surface area contributed by atoms with Crippen LogP contribution in [0.2, 0.25) is 5.02 Å². The van der Waals surface area contributed by atoms with Crippen molar-refractivity contribution in [1.29, 1.82) is 0 Å². The zero-order chi connectivity index (χ0) is 18.9. The number of nitrogens with two attached hydrogens (primary N) is 1. The van der Waals surface area contributed by atoms with Crippen molar-refractivity contribution in [2.45, 2.75) is 13.0 Å². The first-order chi connectivity index (χ1) is 11.7. The fourth-order valence-corrected chi connectivity index (χ4v) is 2.29. The Kier molecular flexibility index (Phi) is 5.43. The number of hydrogen-bond acceptors (Lipinski definition) is 7. The van der Waals surface area contributed by atoms with E-state index in [1.165, 1.54) is 21.1 Å². The molecule has 2 N–H and O–H groups in total. The third-order valence-electron chi connectivity index (χ3n) is 3.27. The van der Waals surface area contributed by atoms with Crippen LogP contribution in [0.4, 0.5) is 4.39 Å². The number of nitrogen functional groups attached to an aromatic ring is 1. The molecule has 0 bridgehead atoms. The van der Waals surface area contributed by atoms with Gasteiger partial charge in [0.2, 0.25) is 4.77 Å². The van der Waals surface area contributed by atoms with Crippen LogP contribution in [0.25, 0.3) is 11.3 Å². The minimum atomic E-state index is -0.994. The summed E-state index contributed by atoms with van der Waals surface area (Å²) in [7, 11) is 2.66. The SMILES string of the molecule is COC(=O)[C@@H](C)Oc1cc(-c2nn(C)c(=S)n(N)c2=O)c(F)cc1Cl. The largest absolute Gasteiger partial charge is 0.477 e. The molecule has 0 radical (unpaired) electrons. The van der Waals surface area contributed by atoms with E-state index in [0.717, 1.165) is 16.8 Å². The summed E-state index contributed by atoms with van der Waals surface area (Å²) in [5.74, 6) is 4.09. The van der Waals surface area contributed by atoms with Crippen molar-refractivity contribution in [1.82, 2.24) is 14.5 Å². The van der Waals surface area contributed by atoms with Gasteiger partial charge in [0.1, 0.15) is 11.6 Å². The van der Waals surface area contributed by atoms with Gasteiger partial charge in [-0.05, 0) is 31.3 Å². The number of rotatable bonds is 4. The number of ether oxygens (including phenoxy) is 2. The standard InChI is InChI=1S/C14H14ClFN4O4S/c1-6(13(22)23-3)24-10-4-7(9(16)5-8(10)15)11-12(21)20(17)14(25)19(2)18-11/h4-6H,17H2,1-3H3/t6-/m1/s1. The first kappa shape index (κ1) is 18.9. The quantitative estimate of drug-likeness (QED) is 0.480. The monoisotopic (exact) mass is 388 g/mol. The van der Waals surface area contributed by atoms with Gasteiger partial charge in [-0.3, -0.25) is 4.79 Å². The second-order valence-corrected chi connectivity index (χ2v) is 5.75. The molecule has 1 atom stereocenters.